The third kappa shape index (κ3) is 4.03. The number of nitrogens with zero attached hydrogens (tertiary/aromatic N) is 1. The maximum Gasteiger partial charge on any atom is 0.336 e. The van der Waals surface area contributed by atoms with E-state index in [1.165, 1.54) is 5.56 Å². The van der Waals surface area contributed by atoms with Crippen molar-refractivity contribution in [1.82, 2.24) is 0 Å². The summed E-state index contributed by atoms with van der Waals surface area (Å²) in [7, 11) is 1.56. The first-order valence-corrected chi connectivity index (χ1v) is 9.62. The number of rotatable bonds is 6. The van der Waals surface area contributed by atoms with Crippen LogP contribution in [-0.2, 0) is 25.5 Å². The van der Waals surface area contributed by atoms with Gasteiger partial charge in [-0.1, -0.05) is 31.2 Å². The van der Waals surface area contributed by atoms with Gasteiger partial charge in [-0.3, -0.25) is 9.79 Å². The Labute approximate surface area is 160 Å². The van der Waals surface area contributed by atoms with Gasteiger partial charge >= 0.3 is 5.97 Å². The minimum Gasteiger partial charge on any atom is -0.460 e. The van der Waals surface area contributed by atoms with Crippen LogP contribution in [0.2, 0.25) is 0 Å². The summed E-state index contributed by atoms with van der Waals surface area (Å²) in [5.74, 6) is -0.930. The van der Waals surface area contributed by atoms with Gasteiger partial charge in [0.15, 0.2) is 0 Å². The molecule has 1 saturated carbocycles. The minimum absolute atomic E-state index is 0.166. The van der Waals surface area contributed by atoms with Crippen molar-refractivity contribution in [1.29, 1.82) is 0 Å². The lowest BCUT2D eigenvalue weighted by Crippen LogP contribution is -2.39. The van der Waals surface area contributed by atoms with Gasteiger partial charge in [-0.05, 0) is 37.3 Å². The third-order valence-corrected chi connectivity index (χ3v) is 5.40. The molecule has 0 amide bonds. The number of ether oxygens (including phenoxy) is 2. The van der Waals surface area contributed by atoms with E-state index >= 15 is 0 Å². The van der Waals surface area contributed by atoms with Gasteiger partial charge in [-0.15, -0.1) is 0 Å². The second kappa shape index (κ2) is 8.61. The van der Waals surface area contributed by atoms with Gasteiger partial charge in [0.05, 0.1) is 18.1 Å². The first-order valence-electron chi connectivity index (χ1n) is 9.62. The van der Waals surface area contributed by atoms with Crippen LogP contribution in [0.1, 0.15) is 50.2 Å². The lowest BCUT2D eigenvalue weighted by molar-refractivity contribution is -0.140. The van der Waals surface area contributed by atoms with Crippen molar-refractivity contribution >= 4 is 17.5 Å². The highest BCUT2D eigenvalue weighted by Crippen LogP contribution is 2.43. The van der Waals surface area contributed by atoms with E-state index in [2.05, 4.69) is 24.0 Å². The summed E-state index contributed by atoms with van der Waals surface area (Å²) >= 11 is 0. The molecule has 5 nitrogen and oxygen atoms in total. The van der Waals surface area contributed by atoms with Gasteiger partial charge < -0.3 is 9.47 Å². The van der Waals surface area contributed by atoms with Crippen LogP contribution in [0.3, 0.4) is 0 Å². The van der Waals surface area contributed by atoms with Crippen molar-refractivity contribution in [3.63, 3.8) is 0 Å². The number of ketones is 1. The minimum atomic E-state index is -0.407. The summed E-state index contributed by atoms with van der Waals surface area (Å²) in [6.45, 7) is 4.46. The zero-order valence-electron chi connectivity index (χ0n) is 16.3. The second-order valence-corrected chi connectivity index (χ2v) is 7.10. The lowest BCUT2D eigenvalue weighted by Gasteiger charge is -2.35. The van der Waals surface area contributed by atoms with Crippen LogP contribution in [0, 0.1) is 5.92 Å². The normalized spacial score (nSPS) is 22.3. The first-order chi connectivity index (χ1) is 13.1. The average Bonchev–Trinajstić information content (AvgIpc) is 2.67. The van der Waals surface area contributed by atoms with Crippen molar-refractivity contribution in [2.45, 2.75) is 45.4 Å². The molecule has 1 aliphatic carbocycles. The van der Waals surface area contributed by atoms with Gasteiger partial charge in [-0.2, -0.15) is 0 Å². The molecular weight excluding hydrogens is 342 g/mol. The Morgan fingerprint density at radius 3 is 2.56 bits per heavy atom. The number of esters is 1. The predicted molar refractivity (Wildman–Crippen MR) is 104 cm³/mol. The highest BCUT2D eigenvalue weighted by atomic mass is 16.6. The van der Waals surface area contributed by atoms with Crippen LogP contribution >= 0.6 is 0 Å². The van der Waals surface area contributed by atoms with Crippen LogP contribution < -0.4 is 0 Å². The maximum absolute atomic E-state index is 12.9. The zero-order valence-corrected chi connectivity index (χ0v) is 16.3. The molecule has 0 saturated heterocycles. The van der Waals surface area contributed by atoms with Gasteiger partial charge in [0.25, 0.3) is 0 Å². The number of hydrogen-bond acceptors (Lipinski definition) is 5. The predicted octanol–water partition coefficient (Wildman–Crippen LogP) is 3.62. The number of fused-ring (bicyclic) bond motifs is 1. The summed E-state index contributed by atoms with van der Waals surface area (Å²) in [5, 5.41) is 0. The Kier molecular flexibility index (Phi) is 6.22. The third-order valence-electron chi connectivity index (χ3n) is 5.40. The number of methoxy groups -OCH3 is 1. The number of aryl methyl sites for hydroxylation is 1. The van der Waals surface area contributed by atoms with Crippen molar-refractivity contribution in [2.24, 2.45) is 10.9 Å². The molecule has 1 aromatic carbocycles. The van der Waals surface area contributed by atoms with E-state index in [0.29, 0.717) is 24.3 Å². The van der Waals surface area contributed by atoms with Gasteiger partial charge in [0.2, 0.25) is 0 Å². The number of benzene rings is 1. The number of Topliss-reactive ketones (excluding diaryl/α,β-unsaturated/α-hetero) is 1. The molecular formula is C22H27NO4. The maximum atomic E-state index is 12.9. The molecule has 5 heteroatoms. The van der Waals surface area contributed by atoms with Crippen molar-refractivity contribution in [3.8, 4) is 0 Å². The molecule has 0 spiro atoms. The van der Waals surface area contributed by atoms with Gasteiger partial charge in [0, 0.05) is 30.9 Å². The number of hydrogen-bond donors (Lipinski definition) is 0. The van der Waals surface area contributed by atoms with Crippen LogP contribution in [-0.4, -0.2) is 37.8 Å². The highest BCUT2D eigenvalue weighted by molar-refractivity contribution is 6.11. The summed E-state index contributed by atoms with van der Waals surface area (Å²) in [6.07, 6.45) is 3.12. The number of allylic oxidation sites excluding steroid dienone is 1. The fourth-order valence-electron chi connectivity index (χ4n) is 4.00. The Bertz CT molecular complexity index is 776. The van der Waals surface area contributed by atoms with Crippen LogP contribution in [0.5, 0.6) is 0 Å². The molecule has 0 N–H and O–H groups in total. The van der Waals surface area contributed by atoms with Crippen molar-refractivity contribution in [3.05, 3.63) is 46.7 Å². The lowest BCUT2D eigenvalue weighted by atomic mass is 9.69. The number of carbonyl (C=O) groups is 2. The fourth-order valence-corrected chi connectivity index (χ4v) is 4.00. The Balaban J connectivity index is 2.03. The van der Waals surface area contributed by atoms with E-state index in [1.807, 2.05) is 19.1 Å². The average molecular weight is 369 g/mol. The van der Waals surface area contributed by atoms with Crippen molar-refractivity contribution < 1.29 is 19.1 Å². The Hall–Kier alpha value is -2.27. The zero-order chi connectivity index (χ0) is 19.4. The molecule has 2 atom stereocenters. The smallest absolute Gasteiger partial charge is 0.336 e. The fraction of sp³-hybridized carbons (Fsp3) is 0.500. The van der Waals surface area contributed by atoms with E-state index in [9.17, 15) is 9.59 Å². The monoisotopic (exact) mass is 369 g/mol. The van der Waals surface area contributed by atoms with Gasteiger partial charge in [-0.25, -0.2) is 4.79 Å². The molecule has 144 valence electrons. The number of aliphatic imine (C=N–C) groups is 1. The topological polar surface area (TPSA) is 65.0 Å². The molecule has 1 aliphatic heterocycles. The Morgan fingerprint density at radius 1 is 1.15 bits per heavy atom. The van der Waals surface area contributed by atoms with Gasteiger partial charge in [0.1, 0.15) is 12.4 Å². The first kappa shape index (κ1) is 19.5. The molecule has 0 bridgehead atoms. The largest absolute Gasteiger partial charge is 0.460 e. The summed E-state index contributed by atoms with van der Waals surface area (Å²) in [5.41, 5.74) is 4.25. The number of carbonyl (C=O) groups excluding carboxylic acids is 2. The van der Waals surface area contributed by atoms with Crippen LogP contribution in [0.4, 0.5) is 0 Å². The van der Waals surface area contributed by atoms with E-state index in [1.54, 1.807) is 7.11 Å². The SMILES string of the molecule is CCc1ccc([C@@H]2C(C(=O)OCCOC)=C(C)N=C3CCCC(=O)C32)cc1. The van der Waals surface area contributed by atoms with Crippen molar-refractivity contribution in [2.75, 3.05) is 20.3 Å². The summed E-state index contributed by atoms with van der Waals surface area (Å²) in [6, 6.07) is 8.20. The molecule has 0 aromatic heterocycles. The molecule has 2 aliphatic rings. The molecule has 1 heterocycles. The highest BCUT2D eigenvalue weighted by Gasteiger charge is 2.43. The Morgan fingerprint density at radius 2 is 1.89 bits per heavy atom. The molecule has 1 unspecified atom stereocenters. The summed E-state index contributed by atoms with van der Waals surface area (Å²) in [4.78, 5) is 30.3. The van der Waals surface area contributed by atoms with E-state index < -0.39 is 5.97 Å². The standard InChI is InChI=1S/C22H27NO4/c1-4-15-8-10-16(11-9-15)20-19(22(25)27-13-12-26-3)14(2)23-17-6-5-7-18(24)21(17)20/h8-11,20-21H,4-7,12-13H2,1-3H3/t20-,21?/m1/s1. The summed E-state index contributed by atoms with van der Waals surface area (Å²) < 4.78 is 10.4. The second-order valence-electron chi connectivity index (χ2n) is 7.10. The van der Waals surface area contributed by atoms with Crippen LogP contribution in [0.15, 0.2) is 40.5 Å². The van der Waals surface area contributed by atoms with E-state index in [4.69, 9.17) is 9.47 Å². The molecule has 0 radical (unpaired) electrons. The quantitative estimate of drug-likeness (QED) is 0.567. The van der Waals surface area contributed by atoms with E-state index in [-0.39, 0.29) is 24.2 Å². The van der Waals surface area contributed by atoms with Crippen LogP contribution in [0.25, 0.3) is 0 Å². The molecule has 27 heavy (non-hydrogen) atoms. The molecule has 3 rings (SSSR count). The molecule has 1 fully saturated rings. The molecule has 1 aromatic rings. The van der Waals surface area contributed by atoms with E-state index in [0.717, 1.165) is 30.5 Å².